The second kappa shape index (κ2) is 5.37. The Morgan fingerprint density at radius 2 is 2.32 bits per heavy atom. The molecule has 2 bridgehead atoms. The highest BCUT2D eigenvalue weighted by atomic mass is 32.1. The highest BCUT2D eigenvalue weighted by Crippen LogP contribution is 2.30. The molecule has 2 aliphatic heterocycles. The fourth-order valence-electron chi connectivity index (χ4n) is 3.39. The first-order valence-electron chi connectivity index (χ1n) is 7.51. The Balaban J connectivity index is 1.48. The van der Waals surface area contributed by atoms with Crippen LogP contribution in [-0.4, -0.2) is 34.1 Å². The fraction of sp³-hybridized carbons (Fsp3) is 0.375. The standard InChI is InChI=1S/C16H17N3O2S/c20-11-3-1-2-9(6-11)14-8-17-16(22-14)15(21)19-13-7-10-4-5-12(13)18-10/h1-3,6,8,10,12-13,18,20H,4-5,7H2,(H,19,21)/t10-,12+,13-/m1/s1. The molecule has 114 valence electrons. The summed E-state index contributed by atoms with van der Waals surface area (Å²) in [4.78, 5) is 17.5. The molecule has 2 aromatic rings. The monoisotopic (exact) mass is 315 g/mol. The molecule has 2 fully saturated rings. The number of rotatable bonds is 3. The number of fused-ring (bicyclic) bond motifs is 2. The lowest BCUT2D eigenvalue weighted by molar-refractivity contribution is 0.0930. The zero-order valence-corrected chi connectivity index (χ0v) is 12.8. The molecule has 0 aliphatic carbocycles. The zero-order chi connectivity index (χ0) is 15.1. The minimum absolute atomic E-state index is 0.101. The van der Waals surface area contributed by atoms with Crippen LogP contribution in [0.2, 0.25) is 0 Å². The molecule has 0 saturated carbocycles. The van der Waals surface area contributed by atoms with Crippen LogP contribution in [-0.2, 0) is 0 Å². The number of benzene rings is 1. The van der Waals surface area contributed by atoms with Gasteiger partial charge in [0.2, 0.25) is 0 Å². The van der Waals surface area contributed by atoms with E-state index in [9.17, 15) is 9.90 Å². The van der Waals surface area contributed by atoms with E-state index in [4.69, 9.17) is 0 Å². The number of carbonyl (C=O) groups excluding carboxylic acids is 1. The third-order valence-corrected chi connectivity index (χ3v) is 5.49. The van der Waals surface area contributed by atoms with Gasteiger partial charge in [0.15, 0.2) is 5.01 Å². The molecular weight excluding hydrogens is 298 g/mol. The Hall–Kier alpha value is -1.92. The number of hydrogen-bond acceptors (Lipinski definition) is 5. The number of amides is 1. The molecule has 1 aromatic heterocycles. The Kier molecular flexibility index (Phi) is 3.35. The summed E-state index contributed by atoms with van der Waals surface area (Å²) < 4.78 is 0. The van der Waals surface area contributed by atoms with Crippen molar-refractivity contribution >= 4 is 17.2 Å². The number of aromatic nitrogens is 1. The first-order chi connectivity index (χ1) is 10.7. The molecule has 3 N–H and O–H groups in total. The van der Waals surface area contributed by atoms with Gasteiger partial charge in [-0.1, -0.05) is 12.1 Å². The van der Waals surface area contributed by atoms with Gasteiger partial charge in [0.25, 0.3) is 5.91 Å². The van der Waals surface area contributed by atoms with Crippen LogP contribution in [0.25, 0.3) is 10.4 Å². The Morgan fingerprint density at radius 1 is 1.41 bits per heavy atom. The van der Waals surface area contributed by atoms with Crippen molar-refractivity contribution in [3.8, 4) is 16.2 Å². The van der Waals surface area contributed by atoms with Gasteiger partial charge in [-0.15, -0.1) is 11.3 Å². The van der Waals surface area contributed by atoms with E-state index in [1.807, 2.05) is 6.07 Å². The van der Waals surface area contributed by atoms with Crippen LogP contribution in [0.1, 0.15) is 29.1 Å². The number of nitrogens with zero attached hydrogens (tertiary/aromatic N) is 1. The van der Waals surface area contributed by atoms with Gasteiger partial charge in [-0.2, -0.15) is 0 Å². The van der Waals surface area contributed by atoms with E-state index >= 15 is 0 Å². The number of phenolic OH excluding ortho intramolecular Hbond substituents is 1. The van der Waals surface area contributed by atoms with Crippen LogP contribution in [0.5, 0.6) is 5.75 Å². The minimum Gasteiger partial charge on any atom is -0.508 e. The predicted molar refractivity (Wildman–Crippen MR) is 85.0 cm³/mol. The molecule has 0 radical (unpaired) electrons. The van der Waals surface area contributed by atoms with Gasteiger partial charge in [0.1, 0.15) is 5.75 Å². The van der Waals surface area contributed by atoms with Crippen molar-refractivity contribution < 1.29 is 9.90 Å². The van der Waals surface area contributed by atoms with E-state index in [1.54, 1.807) is 24.4 Å². The minimum atomic E-state index is -0.101. The van der Waals surface area contributed by atoms with Crippen molar-refractivity contribution in [1.29, 1.82) is 0 Å². The lowest BCUT2D eigenvalue weighted by atomic mass is 9.95. The topological polar surface area (TPSA) is 74.2 Å². The molecule has 0 unspecified atom stereocenters. The zero-order valence-electron chi connectivity index (χ0n) is 12.0. The predicted octanol–water partition coefficient (Wildman–Crippen LogP) is 2.14. The number of hydrogen-bond donors (Lipinski definition) is 3. The average molecular weight is 315 g/mol. The maximum absolute atomic E-state index is 12.3. The third-order valence-electron chi connectivity index (χ3n) is 4.45. The largest absolute Gasteiger partial charge is 0.508 e. The van der Waals surface area contributed by atoms with Gasteiger partial charge in [-0.3, -0.25) is 4.79 Å². The Morgan fingerprint density at radius 3 is 3.05 bits per heavy atom. The molecule has 2 saturated heterocycles. The van der Waals surface area contributed by atoms with Gasteiger partial charge in [-0.25, -0.2) is 4.98 Å². The fourth-order valence-corrected chi connectivity index (χ4v) is 4.20. The van der Waals surface area contributed by atoms with Crippen molar-refractivity contribution in [2.24, 2.45) is 0 Å². The molecule has 1 aromatic carbocycles. The number of nitrogens with one attached hydrogen (secondary N) is 2. The van der Waals surface area contributed by atoms with Crippen LogP contribution in [0.15, 0.2) is 30.5 Å². The molecular formula is C16H17N3O2S. The number of carbonyl (C=O) groups is 1. The quantitative estimate of drug-likeness (QED) is 0.811. The lowest BCUT2D eigenvalue weighted by Gasteiger charge is -2.20. The van der Waals surface area contributed by atoms with E-state index in [1.165, 1.54) is 17.8 Å². The summed E-state index contributed by atoms with van der Waals surface area (Å²) >= 11 is 1.35. The van der Waals surface area contributed by atoms with Gasteiger partial charge < -0.3 is 15.7 Å². The molecule has 3 heterocycles. The summed E-state index contributed by atoms with van der Waals surface area (Å²) in [6, 6.07) is 8.18. The second-order valence-electron chi connectivity index (χ2n) is 5.94. The first-order valence-corrected chi connectivity index (χ1v) is 8.33. The van der Waals surface area contributed by atoms with Crippen LogP contribution in [0, 0.1) is 0 Å². The molecule has 6 heteroatoms. The molecule has 22 heavy (non-hydrogen) atoms. The van der Waals surface area contributed by atoms with E-state index in [0.29, 0.717) is 17.1 Å². The number of aromatic hydroxyl groups is 1. The van der Waals surface area contributed by atoms with Crippen LogP contribution in [0.4, 0.5) is 0 Å². The summed E-state index contributed by atoms with van der Waals surface area (Å²) in [5.74, 6) is 0.112. The van der Waals surface area contributed by atoms with Crippen LogP contribution >= 0.6 is 11.3 Å². The van der Waals surface area contributed by atoms with Gasteiger partial charge in [-0.05, 0) is 37.0 Å². The van der Waals surface area contributed by atoms with Gasteiger partial charge in [0, 0.05) is 24.3 Å². The lowest BCUT2D eigenvalue weighted by Crippen LogP contribution is -2.42. The second-order valence-corrected chi connectivity index (χ2v) is 6.97. The van der Waals surface area contributed by atoms with Crippen molar-refractivity contribution in [2.75, 3.05) is 0 Å². The molecule has 2 aliphatic rings. The summed E-state index contributed by atoms with van der Waals surface area (Å²) in [6.07, 6.45) is 5.06. The Bertz CT molecular complexity index is 715. The molecule has 0 spiro atoms. The van der Waals surface area contributed by atoms with Crippen molar-refractivity contribution in [3.63, 3.8) is 0 Å². The number of thiazole rings is 1. The van der Waals surface area contributed by atoms with E-state index in [-0.39, 0.29) is 17.7 Å². The maximum atomic E-state index is 12.3. The highest BCUT2D eigenvalue weighted by Gasteiger charge is 2.39. The summed E-state index contributed by atoms with van der Waals surface area (Å²) in [5.41, 5.74) is 0.873. The maximum Gasteiger partial charge on any atom is 0.280 e. The average Bonchev–Trinajstić information content (AvgIpc) is 3.23. The van der Waals surface area contributed by atoms with Crippen molar-refractivity contribution in [3.05, 3.63) is 35.5 Å². The summed E-state index contributed by atoms with van der Waals surface area (Å²) in [5, 5.41) is 16.6. The summed E-state index contributed by atoms with van der Waals surface area (Å²) in [7, 11) is 0. The first kappa shape index (κ1) is 13.7. The Labute approximate surface area is 132 Å². The highest BCUT2D eigenvalue weighted by molar-refractivity contribution is 7.17. The van der Waals surface area contributed by atoms with Crippen molar-refractivity contribution in [1.82, 2.24) is 15.6 Å². The van der Waals surface area contributed by atoms with Crippen LogP contribution in [0.3, 0.4) is 0 Å². The van der Waals surface area contributed by atoms with E-state index in [2.05, 4.69) is 15.6 Å². The normalized spacial score (nSPS) is 26.3. The van der Waals surface area contributed by atoms with E-state index < -0.39 is 0 Å². The van der Waals surface area contributed by atoms with Gasteiger partial charge >= 0.3 is 0 Å². The van der Waals surface area contributed by atoms with Gasteiger partial charge in [0.05, 0.1) is 4.88 Å². The SMILES string of the molecule is O=C(N[C@@H]1C[C@H]2CC[C@@H]1N2)c1ncc(-c2cccc(O)c2)s1. The third kappa shape index (κ3) is 2.48. The molecule has 1 amide bonds. The number of phenols is 1. The van der Waals surface area contributed by atoms with Crippen LogP contribution < -0.4 is 10.6 Å². The molecule has 4 rings (SSSR count). The molecule has 5 nitrogen and oxygen atoms in total. The van der Waals surface area contributed by atoms with Crippen molar-refractivity contribution in [2.45, 2.75) is 37.4 Å². The smallest absolute Gasteiger partial charge is 0.280 e. The van der Waals surface area contributed by atoms with E-state index in [0.717, 1.165) is 23.3 Å². The summed E-state index contributed by atoms with van der Waals surface area (Å²) in [6.45, 7) is 0. The molecule has 3 atom stereocenters.